The van der Waals surface area contributed by atoms with Crippen molar-refractivity contribution < 1.29 is 9.59 Å². The van der Waals surface area contributed by atoms with Crippen molar-refractivity contribution in [3.8, 4) is 0 Å². The smallest absolute Gasteiger partial charge is 0.183 e. The van der Waals surface area contributed by atoms with Crippen molar-refractivity contribution in [3.63, 3.8) is 0 Å². The second kappa shape index (κ2) is 6.49. The molecule has 3 nitrogen and oxygen atoms in total. The van der Waals surface area contributed by atoms with Crippen molar-refractivity contribution in [2.24, 2.45) is 5.41 Å². The summed E-state index contributed by atoms with van der Waals surface area (Å²) in [6.45, 7) is 3.76. The number of hydrogen-bond donors (Lipinski definition) is 0. The number of thiazole rings is 1. The van der Waals surface area contributed by atoms with E-state index in [4.69, 9.17) is 0 Å². The summed E-state index contributed by atoms with van der Waals surface area (Å²) in [7, 11) is 0. The predicted molar refractivity (Wildman–Crippen MR) is 107 cm³/mol. The van der Waals surface area contributed by atoms with E-state index in [-0.39, 0.29) is 11.6 Å². The number of fused-ring (bicyclic) bond motifs is 1. The zero-order valence-electron chi connectivity index (χ0n) is 14.5. The molecule has 1 aliphatic rings. The Hall–Kier alpha value is -2.24. The molecule has 26 heavy (non-hydrogen) atoms. The lowest BCUT2D eigenvalue weighted by molar-refractivity contribution is -0.132. The monoisotopic (exact) mass is 379 g/mol. The van der Waals surface area contributed by atoms with E-state index >= 15 is 0 Å². The summed E-state index contributed by atoms with van der Waals surface area (Å²) in [6.07, 6.45) is 1.93. The highest BCUT2D eigenvalue weighted by molar-refractivity contribution is 8.05. The van der Waals surface area contributed by atoms with Gasteiger partial charge in [0.25, 0.3) is 0 Å². The maximum Gasteiger partial charge on any atom is 0.183 e. The van der Waals surface area contributed by atoms with Gasteiger partial charge in [-0.15, -0.1) is 11.3 Å². The number of ketones is 2. The van der Waals surface area contributed by atoms with Gasteiger partial charge in [0.1, 0.15) is 0 Å². The topological polar surface area (TPSA) is 47.0 Å². The lowest BCUT2D eigenvalue weighted by atomic mass is 9.79. The number of hydrogen-bond acceptors (Lipinski definition) is 5. The average molecular weight is 380 g/mol. The van der Waals surface area contributed by atoms with Crippen LogP contribution in [0.25, 0.3) is 10.2 Å². The highest BCUT2D eigenvalue weighted by Gasteiger charge is 2.46. The predicted octanol–water partition coefficient (Wildman–Crippen LogP) is 4.98. The minimum absolute atomic E-state index is 0.102. The Labute approximate surface area is 160 Å². The molecule has 0 saturated heterocycles. The van der Waals surface area contributed by atoms with Gasteiger partial charge in [0.2, 0.25) is 0 Å². The van der Waals surface area contributed by atoms with E-state index in [1.807, 2.05) is 55.5 Å². The number of rotatable bonds is 4. The van der Waals surface area contributed by atoms with Crippen molar-refractivity contribution >= 4 is 44.9 Å². The van der Waals surface area contributed by atoms with Gasteiger partial charge in [-0.1, -0.05) is 48.2 Å². The Bertz CT molecular complexity index is 1030. The van der Waals surface area contributed by atoms with E-state index in [9.17, 15) is 9.59 Å². The van der Waals surface area contributed by atoms with Crippen molar-refractivity contribution in [2.75, 3.05) is 0 Å². The zero-order valence-corrected chi connectivity index (χ0v) is 16.1. The van der Waals surface area contributed by atoms with E-state index in [0.29, 0.717) is 11.3 Å². The van der Waals surface area contributed by atoms with Gasteiger partial charge < -0.3 is 0 Å². The summed E-state index contributed by atoms with van der Waals surface area (Å²) in [6, 6.07) is 15.8. The Morgan fingerprint density at radius 3 is 2.58 bits per heavy atom. The van der Waals surface area contributed by atoms with Crippen LogP contribution in [0.3, 0.4) is 0 Å². The normalized spacial score (nSPS) is 20.0. The first-order valence-corrected chi connectivity index (χ1v) is 9.99. The first kappa shape index (κ1) is 17.2. The van der Waals surface area contributed by atoms with Crippen LogP contribution in [0.5, 0.6) is 0 Å². The van der Waals surface area contributed by atoms with Gasteiger partial charge >= 0.3 is 0 Å². The minimum atomic E-state index is -1.02. The largest absolute Gasteiger partial charge is 0.294 e. The van der Waals surface area contributed by atoms with Crippen LogP contribution >= 0.6 is 23.1 Å². The summed E-state index contributed by atoms with van der Waals surface area (Å²) >= 11 is 2.85. The molecule has 0 N–H and O–H groups in total. The molecular formula is C21H17NO2S2. The fourth-order valence-corrected chi connectivity index (χ4v) is 5.37. The van der Waals surface area contributed by atoms with Crippen molar-refractivity contribution in [2.45, 2.75) is 24.6 Å². The second-order valence-corrected chi connectivity index (χ2v) is 9.01. The van der Waals surface area contributed by atoms with Crippen LogP contribution in [0.15, 0.2) is 63.9 Å². The zero-order chi connectivity index (χ0) is 18.3. The van der Waals surface area contributed by atoms with Gasteiger partial charge in [-0.2, -0.15) is 0 Å². The molecule has 0 bridgehead atoms. The van der Waals surface area contributed by atoms with Crippen molar-refractivity contribution in [1.82, 2.24) is 4.98 Å². The Morgan fingerprint density at radius 2 is 1.81 bits per heavy atom. The molecule has 0 fully saturated rings. The number of thioether (sulfide) groups is 1. The maximum absolute atomic E-state index is 13.0. The number of allylic oxidation sites excluding steroid dienone is 2. The third-order valence-electron chi connectivity index (χ3n) is 4.81. The third-order valence-corrected chi connectivity index (χ3v) is 6.93. The van der Waals surface area contributed by atoms with E-state index in [1.165, 1.54) is 17.8 Å². The minimum Gasteiger partial charge on any atom is -0.294 e. The Morgan fingerprint density at radius 1 is 1.08 bits per heavy atom. The molecule has 2 aromatic carbocycles. The highest BCUT2D eigenvalue weighted by atomic mass is 32.2. The molecule has 5 heteroatoms. The second-order valence-electron chi connectivity index (χ2n) is 6.69. The molecular weight excluding hydrogens is 362 g/mol. The first-order chi connectivity index (χ1) is 12.5. The van der Waals surface area contributed by atoms with Crippen LogP contribution < -0.4 is 0 Å². The quantitative estimate of drug-likeness (QED) is 0.600. The standard InChI is InChI=1S/C21H17NO2S2/c1-13-7-3-4-8-14(13)12-21(2)18(23)11-17(19(21)24)26-20-22-15-9-5-6-10-16(15)25-20/h3-11H,12H2,1-2H3/t21-/m1/s1. The molecule has 0 unspecified atom stereocenters. The van der Waals surface area contributed by atoms with Crippen LogP contribution in [-0.2, 0) is 16.0 Å². The molecule has 3 aromatic rings. The number of para-hydroxylation sites is 1. The molecule has 1 aromatic heterocycles. The van der Waals surface area contributed by atoms with Gasteiger partial charge in [-0.25, -0.2) is 4.98 Å². The van der Waals surface area contributed by atoms with Crippen molar-refractivity contribution in [1.29, 1.82) is 0 Å². The summed E-state index contributed by atoms with van der Waals surface area (Å²) in [5, 5.41) is 0. The maximum atomic E-state index is 13.0. The van der Waals surface area contributed by atoms with Crippen LogP contribution in [0.1, 0.15) is 18.1 Å². The van der Waals surface area contributed by atoms with Crippen LogP contribution in [0, 0.1) is 12.3 Å². The van der Waals surface area contributed by atoms with Gasteiger partial charge in [0.05, 0.1) is 20.5 Å². The molecule has 0 aliphatic heterocycles. The molecule has 0 spiro atoms. The molecule has 0 amide bonds. The third kappa shape index (κ3) is 2.91. The fraction of sp³-hybridized carbons (Fsp3) is 0.190. The number of aromatic nitrogens is 1. The van der Waals surface area contributed by atoms with Gasteiger partial charge in [-0.05, 0) is 49.6 Å². The van der Waals surface area contributed by atoms with Crippen LogP contribution in [-0.4, -0.2) is 16.6 Å². The number of benzene rings is 2. The summed E-state index contributed by atoms with van der Waals surface area (Å²) in [4.78, 5) is 30.8. The number of carbonyl (C=O) groups is 2. The Kier molecular flexibility index (Phi) is 4.29. The Balaban J connectivity index is 1.59. The average Bonchev–Trinajstić information content (AvgIpc) is 3.12. The summed E-state index contributed by atoms with van der Waals surface area (Å²) < 4.78 is 1.87. The first-order valence-electron chi connectivity index (χ1n) is 8.36. The van der Waals surface area contributed by atoms with E-state index in [0.717, 1.165) is 25.7 Å². The van der Waals surface area contributed by atoms with E-state index in [1.54, 1.807) is 18.3 Å². The van der Waals surface area contributed by atoms with Gasteiger partial charge in [0, 0.05) is 0 Å². The van der Waals surface area contributed by atoms with E-state index < -0.39 is 5.41 Å². The lowest BCUT2D eigenvalue weighted by Crippen LogP contribution is -2.33. The number of aryl methyl sites for hydroxylation is 1. The van der Waals surface area contributed by atoms with Crippen LogP contribution in [0.2, 0.25) is 0 Å². The number of carbonyl (C=O) groups excluding carboxylic acids is 2. The van der Waals surface area contributed by atoms with Crippen LogP contribution in [0.4, 0.5) is 0 Å². The van der Waals surface area contributed by atoms with E-state index in [2.05, 4.69) is 4.98 Å². The molecule has 1 heterocycles. The SMILES string of the molecule is Cc1ccccc1C[C@]1(C)C(=O)C=C(Sc2nc3ccccc3s2)C1=O. The molecule has 0 saturated carbocycles. The molecule has 4 rings (SSSR count). The molecule has 1 atom stereocenters. The lowest BCUT2D eigenvalue weighted by Gasteiger charge is -2.22. The number of nitrogens with zero attached hydrogens (tertiary/aromatic N) is 1. The van der Waals surface area contributed by atoms with Gasteiger partial charge in [0.15, 0.2) is 15.9 Å². The highest BCUT2D eigenvalue weighted by Crippen LogP contribution is 2.43. The van der Waals surface area contributed by atoms with Gasteiger partial charge in [-0.3, -0.25) is 9.59 Å². The van der Waals surface area contributed by atoms with Crippen molar-refractivity contribution in [3.05, 3.63) is 70.6 Å². The molecule has 1 aliphatic carbocycles. The summed E-state index contributed by atoms with van der Waals surface area (Å²) in [5.41, 5.74) is 2.03. The fourth-order valence-electron chi connectivity index (χ4n) is 3.15. The summed E-state index contributed by atoms with van der Waals surface area (Å²) in [5.74, 6) is -0.218. The molecule has 130 valence electrons. The number of Topliss-reactive ketones (excluding diaryl/α,β-unsaturated/α-hetero) is 1. The molecule has 0 radical (unpaired) electrons.